The number of ether oxygens (including phenoxy) is 1. The van der Waals surface area contributed by atoms with Crippen LogP contribution in [-0.2, 0) is 9.59 Å². The van der Waals surface area contributed by atoms with Gasteiger partial charge in [-0.1, -0.05) is 59.6 Å². The third-order valence-corrected chi connectivity index (χ3v) is 5.74. The molecule has 0 unspecified atom stereocenters. The minimum Gasteiger partial charge on any atom is -0.495 e. The van der Waals surface area contributed by atoms with E-state index in [1.165, 1.54) is 12.0 Å². The Morgan fingerprint density at radius 3 is 2.22 bits per heavy atom. The molecule has 1 aliphatic heterocycles. The van der Waals surface area contributed by atoms with Crippen molar-refractivity contribution in [2.24, 2.45) is 0 Å². The first-order valence-electron chi connectivity index (χ1n) is 10.3. The van der Waals surface area contributed by atoms with Gasteiger partial charge in [0.1, 0.15) is 11.4 Å². The van der Waals surface area contributed by atoms with Crippen LogP contribution >= 0.6 is 11.6 Å². The maximum atomic E-state index is 13.7. The Morgan fingerprint density at radius 1 is 0.938 bits per heavy atom. The van der Waals surface area contributed by atoms with Gasteiger partial charge in [0, 0.05) is 12.2 Å². The number of nitrogens with zero attached hydrogens (tertiary/aromatic N) is 2. The standard InChI is InChI=1S/C26H23ClN2O3/c1-4-28(19-8-6-5-7-9-19)24-23(18-12-10-17(2)11-13-18)25(30)29(26(24)31)20-14-15-22(32-3)21(27)16-20/h5-16H,4H2,1-3H3. The SMILES string of the molecule is CCN(C1=C(c2ccc(C)cc2)C(=O)N(c2ccc(OC)c(Cl)c2)C1=O)c1ccccc1. The zero-order valence-corrected chi connectivity index (χ0v) is 18.9. The number of carbonyl (C=O) groups is 2. The van der Waals surface area contributed by atoms with Gasteiger partial charge in [0.25, 0.3) is 11.8 Å². The van der Waals surface area contributed by atoms with Crippen molar-refractivity contribution in [1.82, 2.24) is 0 Å². The van der Waals surface area contributed by atoms with Crippen LogP contribution in [0.1, 0.15) is 18.1 Å². The van der Waals surface area contributed by atoms with Crippen molar-refractivity contribution in [1.29, 1.82) is 0 Å². The highest BCUT2D eigenvalue weighted by Crippen LogP contribution is 2.38. The molecule has 5 nitrogen and oxygen atoms in total. The summed E-state index contributed by atoms with van der Waals surface area (Å²) >= 11 is 6.30. The quantitative estimate of drug-likeness (QED) is 0.471. The van der Waals surface area contributed by atoms with Gasteiger partial charge < -0.3 is 9.64 Å². The molecule has 0 N–H and O–H groups in total. The second kappa shape index (κ2) is 8.89. The predicted molar refractivity (Wildman–Crippen MR) is 128 cm³/mol. The zero-order chi connectivity index (χ0) is 22.8. The fourth-order valence-corrected chi connectivity index (χ4v) is 4.11. The van der Waals surface area contributed by atoms with Crippen LogP contribution in [-0.4, -0.2) is 25.5 Å². The van der Waals surface area contributed by atoms with E-state index in [9.17, 15) is 9.59 Å². The van der Waals surface area contributed by atoms with E-state index >= 15 is 0 Å². The average Bonchev–Trinajstić information content (AvgIpc) is 3.05. The number of aryl methyl sites for hydroxylation is 1. The molecule has 0 aromatic heterocycles. The van der Waals surface area contributed by atoms with Crippen LogP contribution in [0.5, 0.6) is 5.75 Å². The molecule has 0 fully saturated rings. The topological polar surface area (TPSA) is 49.9 Å². The van der Waals surface area contributed by atoms with Crippen molar-refractivity contribution < 1.29 is 14.3 Å². The summed E-state index contributed by atoms with van der Waals surface area (Å²) in [5.74, 6) is -0.303. The van der Waals surface area contributed by atoms with Crippen LogP contribution in [0, 0.1) is 6.92 Å². The molecule has 4 rings (SSSR count). The maximum Gasteiger partial charge on any atom is 0.282 e. The first kappa shape index (κ1) is 21.7. The number of halogens is 1. The van der Waals surface area contributed by atoms with Crippen LogP contribution in [0.3, 0.4) is 0 Å². The van der Waals surface area contributed by atoms with E-state index in [1.807, 2.05) is 73.3 Å². The number of methoxy groups -OCH3 is 1. The Balaban J connectivity index is 1.89. The van der Waals surface area contributed by atoms with Gasteiger partial charge in [0.2, 0.25) is 0 Å². The van der Waals surface area contributed by atoms with Gasteiger partial charge in [0.15, 0.2) is 0 Å². The lowest BCUT2D eigenvalue weighted by Crippen LogP contribution is -2.35. The van der Waals surface area contributed by atoms with Crippen molar-refractivity contribution in [3.8, 4) is 5.75 Å². The largest absolute Gasteiger partial charge is 0.495 e. The maximum absolute atomic E-state index is 13.7. The molecular formula is C26H23ClN2O3. The van der Waals surface area contributed by atoms with Gasteiger partial charge in [-0.25, -0.2) is 4.90 Å². The molecule has 1 heterocycles. The van der Waals surface area contributed by atoms with Gasteiger partial charge in [-0.15, -0.1) is 0 Å². The molecule has 0 aliphatic carbocycles. The van der Waals surface area contributed by atoms with Gasteiger partial charge >= 0.3 is 0 Å². The highest BCUT2D eigenvalue weighted by Gasteiger charge is 2.42. The molecule has 0 bridgehead atoms. The molecule has 6 heteroatoms. The number of para-hydroxylation sites is 1. The molecule has 0 saturated carbocycles. The molecule has 0 radical (unpaired) electrons. The van der Waals surface area contributed by atoms with Crippen LogP contribution in [0.15, 0.2) is 78.5 Å². The molecule has 3 aromatic carbocycles. The van der Waals surface area contributed by atoms with Gasteiger partial charge in [-0.3, -0.25) is 9.59 Å². The Hall–Kier alpha value is -3.57. The van der Waals surface area contributed by atoms with Crippen molar-refractivity contribution in [2.45, 2.75) is 13.8 Å². The highest BCUT2D eigenvalue weighted by atomic mass is 35.5. The first-order valence-corrected chi connectivity index (χ1v) is 10.7. The van der Waals surface area contributed by atoms with Crippen LogP contribution < -0.4 is 14.5 Å². The van der Waals surface area contributed by atoms with Crippen molar-refractivity contribution in [3.05, 3.63) is 94.6 Å². The average molecular weight is 447 g/mol. The fraction of sp³-hybridized carbons (Fsp3) is 0.154. The molecule has 0 atom stereocenters. The molecule has 2 amide bonds. The highest BCUT2D eigenvalue weighted by molar-refractivity contribution is 6.46. The number of anilines is 2. The number of amides is 2. The van der Waals surface area contributed by atoms with E-state index in [-0.39, 0.29) is 5.91 Å². The van der Waals surface area contributed by atoms with E-state index in [2.05, 4.69) is 0 Å². The summed E-state index contributed by atoms with van der Waals surface area (Å²) in [6, 6.07) is 22.1. The normalized spacial score (nSPS) is 13.7. The number of carbonyl (C=O) groups excluding carboxylic acids is 2. The van der Waals surface area contributed by atoms with Gasteiger partial charge in [-0.2, -0.15) is 0 Å². The lowest BCUT2D eigenvalue weighted by atomic mass is 10.0. The number of likely N-dealkylation sites (N-methyl/N-ethyl adjacent to an activating group) is 1. The molecule has 162 valence electrons. The van der Waals surface area contributed by atoms with Crippen molar-refractivity contribution >= 4 is 40.4 Å². The van der Waals surface area contributed by atoms with Crippen molar-refractivity contribution in [3.63, 3.8) is 0 Å². The summed E-state index contributed by atoms with van der Waals surface area (Å²) in [4.78, 5) is 30.5. The van der Waals surface area contributed by atoms with Crippen LogP contribution in [0.2, 0.25) is 5.02 Å². The fourth-order valence-electron chi connectivity index (χ4n) is 3.86. The third-order valence-electron chi connectivity index (χ3n) is 5.45. The van der Waals surface area contributed by atoms with Crippen LogP contribution in [0.25, 0.3) is 5.57 Å². The molecule has 0 spiro atoms. The molecule has 0 saturated heterocycles. The summed E-state index contributed by atoms with van der Waals surface area (Å²) in [5.41, 5.74) is 3.72. The van der Waals surface area contributed by atoms with E-state index in [1.54, 1.807) is 18.2 Å². The van der Waals surface area contributed by atoms with E-state index in [4.69, 9.17) is 16.3 Å². The number of imide groups is 1. The first-order chi connectivity index (χ1) is 15.5. The molecule has 3 aromatic rings. The lowest BCUT2D eigenvalue weighted by molar-refractivity contribution is -0.120. The zero-order valence-electron chi connectivity index (χ0n) is 18.1. The number of hydrogen-bond acceptors (Lipinski definition) is 4. The van der Waals surface area contributed by atoms with E-state index < -0.39 is 5.91 Å². The lowest BCUT2D eigenvalue weighted by Gasteiger charge is -2.25. The van der Waals surface area contributed by atoms with E-state index in [0.29, 0.717) is 39.8 Å². The third kappa shape index (κ3) is 3.76. The summed E-state index contributed by atoms with van der Waals surface area (Å²) in [5, 5.41) is 0.325. The second-order valence-corrected chi connectivity index (χ2v) is 7.84. The minimum atomic E-state index is -0.391. The van der Waals surface area contributed by atoms with Crippen molar-refractivity contribution in [2.75, 3.05) is 23.5 Å². The molecular weight excluding hydrogens is 424 g/mol. The summed E-state index contributed by atoms with van der Waals surface area (Å²) in [6.07, 6.45) is 0. The Bertz CT molecular complexity index is 1200. The van der Waals surface area contributed by atoms with Crippen LogP contribution in [0.4, 0.5) is 11.4 Å². The Morgan fingerprint density at radius 2 is 1.62 bits per heavy atom. The number of hydrogen-bond donors (Lipinski definition) is 0. The molecule has 32 heavy (non-hydrogen) atoms. The summed E-state index contributed by atoms with van der Waals surface area (Å²) in [7, 11) is 1.52. The monoisotopic (exact) mass is 446 g/mol. The number of rotatable bonds is 6. The minimum absolute atomic E-state index is 0.325. The smallest absolute Gasteiger partial charge is 0.282 e. The Kier molecular flexibility index (Phi) is 6.01. The summed E-state index contributed by atoms with van der Waals surface area (Å²) in [6.45, 7) is 4.46. The van der Waals surface area contributed by atoms with E-state index in [0.717, 1.165) is 11.3 Å². The van der Waals surface area contributed by atoms with Gasteiger partial charge in [-0.05, 0) is 49.7 Å². The summed E-state index contributed by atoms with van der Waals surface area (Å²) < 4.78 is 5.21. The number of benzene rings is 3. The predicted octanol–water partition coefficient (Wildman–Crippen LogP) is 5.47. The second-order valence-electron chi connectivity index (χ2n) is 7.43. The molecule has 1 aliphatic rings. The Labute approximate surface area is 192 Å². The van der Waals surface area contributed by atoms with Gasteiger partial charge in [0.05, 0.1) is 23.4 Å².